The van der Waals surface area contributed by atoms with Gasteiger partial charge in [-0.1, -0.05) is 86.9 Å². The number of allylic oxidation sites excluding steroid dienone is 4. The van der Waals surface area contributed by atoms with Gasteiger partial charge in [0.2, 0.25) is 0 Å². The number of aliphatic hydroxyl groups excluding tert-OH is 5. The molecule has 0 aliphatic carbocycles. The minimum Gasteiger partial charge on any atom is -0.505 e. The van der Waals surface area contributed by atoms with E-state index in [1.807, 2.05) is 32.9 Å². The Bertz CT molecular complexity index is 2220. The summed E-state index contributed by atoms with van der Waals surface area (Å²) in [6.07, 6.45) is -5.45. The summed E-state index contributed by atoms with van der Waals surface area (Å²) >= 11 is 12.3. The molecule has 0 saturated carbocycles. The van der Waals surface area contributed by atoms with Gasteiger partial charge in [0.05, 0.1) is 47.5 Å². The van der Waals surface area contributed by atoms with Crippen molar-refractivity contribution in [3.8, 4) is 11.5 Å². The minimum absolute atomic E-state index is 0.0372. The number of cyclic esters (lactones) is 1. The van der Waals surface area contributed by atoms with Crippen LogP contribution in [0.3, 0.4) is 0 Å². The number of rotatable bonds is 13. The zero-order valence-electron chi connectivity index (χ0n) is 43.0. The maximum atomic E-state index is 13.9. The Hall–Kier alpha value is -3.89. The molecule has 0 bridgehead atoms. The van der Waals surface area contributed by atoms with Crippen molar-refractivity contribution in [2.75, 3.05) is 13.7 Å². The van der Waals surface area contributed by atoms with E-state index in [-0.39, 0.29) is 35.4 Å². The monoisotopic (exact) mass is 1060 g/mol. The number of aliphatic hydroxyl groups is 5. The summed E-state index contributed by atoms with van der Waals surface area (Å²) in [5.74, 6) is -4.78. The Morgan fingerprint density at radius 3 is 2.17 bits per heavy atom. The molecular weight excluding hydrogens is 983 g/mol. The quantitative estimate of drug-likeness (QED) is 0.0655. The van der Waals surface area contributed by atoms with Crippen molar-refractivity contribution in [2.45, 2.75) is 187 Å². The molecule has 18 nitrogen and oxygen atoms in total. The lowest BCUT2D eigenvalue weighted by Gasteiger charge is -2.47. The number of esters is 3. The van der Waals surface area contributed by atoms with Gasteiger partial charge in [-0.2, -0.15) is 0 Å². The van der Waals surface area contributed by atoms with Crippen molar-refractivity contribution in [3.05, 3.63) is 79.9 Å². The molecule has 2 fully saturated rings. The van der Waals surface area contributed by atoms with Crippen LogP contribution in [-0.2, 0) is 53.9 Å². The smallest absolute Gasteiger partial charge is 0.342 e. The zero-order chi connectivity index (χ0) is 54.1. The van der Waals surface area contributed by atoms with E-state index in [1.165, 1.54) is 33.1 Å². The molecule has 3 heterocycles. The molecule has 2 saturated heterocycles. The standard InChI is InChI=1S/C52H74Cl2O18/c1-13-30-22-26(6)33(56)18-16-15-17-31(23-66-51-45(65-12)42(61)44(29(9)67-51)69-49(64)35-32(14-2)36(53)39(58)37(54)38(35)57)48(63)68-34(28(8)55)20-19-25(5)21-27(7)43(30)70-50-41(60)40(59)46(52(10,11)72-50)71-47(62)24(3)4/h15-17,19,21-22,24,28-30,33-34,40-46,50-51,55-61H,13-14,18,20,23H2,1-12H3/b16-15+,25-19-,26-22-,27-21-,31-17-/t28-,29-,30+,33+,34+,40-,41+,42+,43-,44-,45+,46+,50-,51-/m1/s1. The summed E-state index contributed by atoms with van der Waals surface area (Å²) in [5, 5.41) is 76.5. The molecule has 1 aromatic carbocycles. The van der Waals surface area contributed by atoms with E-state index in [2.05, 4.69) is 0 Å². The molecule has 0 unspecified atom stereocenters. The topological polar surface area (TPSA) is 267 Å². The lowest BCUT2D eigenvalue weighted by Crippen LogP contribution is -2.64. The first kappa shape index (κ1) is 60.7. The number of carbonyl (C=O) groups excluding carboxylic acids is 3. The third-order valence-corrected chi connectivity index (χ3v) is 13.8. The number of hydrogen-bond acceptors (Lipinski definition) is 18. The molecule has 14 atom stereocenters. The van der Waals surface area contributed by atoms with Crippen LogP contribution in [0.4, 0.5) is 0 Å². The van der Waals surface area contributed by atoms with E-state index in [4.69, 9.17) is 61.1 Å². The highest BCUT2D eigenvalue weighted by Gasteiger charge is 2.53. The maximum absolute atomic E-state index is 13.9. The summed E-state index contributed by atoms with van der Waals surface area (Å²) in [6.45, 7) is 18.1. The Morgan fingerprint density at radius 1 is 0.903 bits per heavy atom. The van der Waals surface area contributed by atoms with E-state index in [0.29, 0.717) is 23.1 Å². The number of hydrogen-bond donors (Lipinski definition) is 7. The van der Waals surface area contributed by atoms with Crippen LogP contribution in [0.1, 0.15) is 111 Å². The van der Waals surface area contributed by atoms with Crippen molar-refractivity contribution in [3.63, 3.8) is 0 Å². The second-order valence-corrected chi connectivity index (χ2v) is 20.1. The number of benzene rings is 1. The molecule has 4 rings (SSSR count). The summed E-state index contributed by atoms with van der Waals surface area (Å²) in [5.41, 5.74) is 0.318. The third-order valence-electron chi connectivity index (χ3n) is 13.0. The predicted molar refractivity (Wildman–Crippen MR) is 265 cm³/mol. The molecule has 0 aromatic heterocycles. The van der Waals surface area contributed by atoms with Crippen molar-refractivity contribution in [1.82, 2.24) is 0 Å². The van der Waals surface area contributed by atoms with Gasteiger partial charge in [-0.15, -0.1) is 0 Å². The number of phenolic OH excluding ortho intramolecular Hbond substituents is 2. The molecule has 3 aliphatic heterocycles. The largest absolute Gasteiger partial charge is 0.505 e. The normalized spacial score (nSPS) is 34.8. The minimum atomic E-state index is -1.61. The van der Waals surface area contributed by atoms with Gasteiger partial charge in [-0.25, -0.2) is 9.59 Å². The Balaban J connectivity index is 1.61. The molecule has 7 N–H and O–H groups in total. The number of ether oxygens (including phenoxy) is 8. The first-order valence-corrected chi connectivity index (χ1v) is 24.9. The number of methoxy groups -OCH3 is 1. The van der Waals surface area contributed by atoms with Crippen LogP contribution in [0.2, 0.25) is 10.0 Å². The van der Waals surface area contributed by atoms with E-state index in [9.17, 15) is 50.1 Å². The highest BCUT2D eigenvalue weighted by Crippen LogP contribution is 2.45. The summed E-state index contributed by atoms with van der Waals surface area (Å²) in [6, 6.07) is 0. The number of halogens is 2. The van der Waals surface area contributed by atoms with Gasteiger partial charge in [-0.05, 0) is 90.5 Å². The number of carbonyl (C=O) groups is 3. The molecule has 0 radical (unpaired) electrons. The lowest BCUT2D eigenvalue weighted by atomic mass is 9.88. The van der Waals surface area contributed by atoms with Gasteiger partial charge < -0.3 is 73.6 Å². The van der Waals surface area contributed by atoms with Crippen LogP contribution in [0.15, 0.2) is 58.7 Å². The SMILES string of the molecule is CCc1c(Cl)c(O)c(Cl)c(O)c1C(=O)O[C@H]1[C@H](O)[C@H](OC)[C@H](OC/C2=C/C=C/C[C@H](O)/C(C)=C\[C@H](CC)[C@H](O[C@@H]3OC(C)(C)[C@@H](OC(=O)C(C)C)[C@H](O)[C@@H]3O)/C(C)=C\C(C)=C/C[C@@H]([C@@H](C)O)OC2=O)O[C@@H]1C. The number of aromatic hydroxyl groups is 2. The second-order valence-electron chi connectivity index (χ2n) is 19.4. The van der Waals surface area contributed by atoms with Crippen LogP contribution in [0.5, 0.6) is 11.5 Å². The van der Waals surface area contributed by atoms with Crippen molar-refractivity contribution in [2.24, 2.45) is 11.8 Å². The van der Waals surface area contributed by atoms with Gasteiger partial charge in [0, 0.05) is 19.4 Å². The van der Waals surface area contributed by atoms with Crippen molar-refractivity contribution >= 4 is 41.1 Å². The van der Waals surface area contributed by atoms with Crippen LogP contribution >= 0.6 is 23.2 Å². The Kier molecular flexibility index (Phi) is 22.4. The molecule has 1 aromatic rings. The van der Waals surface area contributed by atoms with E-state index in [0.717, 1.165) is 0 Å². The summed E-state index contributed by atoms with van der Waals surface area (Å²) < 4.78 is 47.5. The van der Waals surface area contributed by atoms with E-state index < -0.39 is 144 Å². The first-order chi connectivity index (χ1) is 33.7. The van der Waals surface area contributed by atoms with E-state index in [1.54, 1.807) is 53.7 Å². The van der Waals surface area contributed by atoms with Gasteiger partial charge in [-0.3, -0.25) is 4.79 Å². The molecule has 20 heteroatoms. The van der Waals surface area contributed by atoms with Crippen LogP contribution in [0.25, 0.3) is 0 Å². The van der Waals surface area contributed by atoms with Gasteiger partial charge in [0.25, 0.3) is 0 Å². The highest BCUT2D eigenvalue weighted by molar-refractivity contribution is 6.39. The van der Waals surface area contributed by atoms with Gasteiger partial charge >= 0.3 is 17.9 Å². The summed E-state index contributed by atoms with van der Waals surface area (Å²) in [4.78, 5) is 40.0. The van der Waals surface area contributed by atoms with Gasteiger partial charge in [0.15, 0.2) is 36.3 Å². The molecule has 404 valence electrons. The zero-order valence-corrected chi connectivity index (χ0v) is 44.5. The molecule has 72 heavy (non-hydrogen) atoms. The fourth-order valence-electron chi connectivity index (χ4n) is 8.60. The maximum Gasteiger partial charge on any atom is 0.342 e. The first-order valence-electron chi connectivity index (χ1n) is 24.2. The number of phenols is 2. The Morgan fingerprint density at radius 2 is 1.57 bits per heavy atom. The van der Waals surface area contributed by atoms with Gasteiger partial charge in [0.1, 0.15) is 46.7 Å². The predicted octanol–water partition coefficient (Wildman–Crippen LogP) is 6.23. The van der Waals surface area contributed by atoms with Crippen LogP contribution < -0.4 is 0 Å². The second kappa shape index (κ2) is 26.5. The van der Waals surface area contributed by atoms with Crippen LogP contribution in [-0.4, -0.2) is 153 Å². The Labute approximate surface area is 431 Å². The summed E-state index contributed by atoms with van der Waals surface area (Å²) in [7, 11) is 1.26. The highest BCUT2D eigenvalue weighted by atomic mass is 35.5. The van der Waals surface area contributed by atoms with Crippen LogP contribution in [0, 0.1) is 11.8 Å². The molecule has 0 amide bonds. The average Bonchev–Trinajstić information content (AvgIpc) is 3.32. The van der Waals surface area contributed by atoms with Crippen molar-refractivity contribution in [1.29, 1.82) is 0 Å². The lowest BCUT2D eigenvalue weighted by molar-refractivity contribution is -0.333. The third kappa shape index (κ3) is 14.7. The van der Waals surface area contributed by atoms with E-state index >= 15 is 0 Å². The molecule has 3 aliphatic rings. The fraction of sp³-hybridized carbons (Fsp3) is 0.635. The average molecular weight is 1060 g/mol. The molecular formula is C52H74Cl2O18. The fourth-order valence-corrected chi connectivity index (χ4v) is 9.16. The molecule has 0 spiro atoms. The van der Waals surface area contributed by atoms with Crippen molar-refractivity contribution < 1.29 is 88.0 Å².